The van der Waals surface area contributed by atoms with E-state index in [0.29, 0.717) is 18.2 Å². The van der Waals surface area contributed by atoms with Crippen molar-refractivity contribution >= 4 is 0 Å². The molecule has 0 aromatic rings. The Balaban J connectivity index is 2.31. The van der Waals surface area contributed by atoms with E-state index in [0.717, 1.165) is 26.2 Å². The van der Waals surface area contributed by atoms with Crippen molar-refractivity contribution in [2.75, 3.05) is 40.4 Å². The standard InChI is InChI=1S/C13H28N2O2/c1-5-15(11(2)10-16-4)9-13-7-6-12(17-13)8-14-3/h11-14H,5-10H2,1-4H3. The van der Waals surface area contributed by atoms with Gasteiger partial charge in [-0.05, 0) is 33.4 Å². The van der Waals surface area contributed by atoms with Gasteiger partial charge in [0.05, 0.1) is 18.8 Å². The van der Waals surface area contributed by atoms with Gasteiger partial charge in [0.15, 0.2) is 0 Å². The highest BCUT2D eigenvalue weighted by molar-refractivity contribution is 4.79. The predicted octanol–water partition coefficient (Wildman–Crippen LogP) is 1.11. The minimum absolute atomic E-state index is 0.396. The molecule has 0 amide bonds. The number of rotatable bonds is 8. The number of nitrogens with zero attached hydrogens (tertiary/aromatic N) is 1. The van der Waals surface area contributed by atoms with Crippen LogP contribution in [0.15, 0.2) is 0 Å². The lowest BCUT2D eigenvalue weighted by Crippen LogP contribution is -2.41. The summed E-state index contributed by atoms with van der Waals surface area (Å²) >= 11 is 0. The SMILES string of the molecule is CCN(CC1CCC(CNC)O1)C(C)COC. The van der Waals surface area contributed by atoms with Crippen LogP contribution in [-0.2, 0) is 9.47 Å². The van der Waals surface area contributed by atoms with Crippen molar-refractivity contribution in [3.63, 3.8) is 0 Å². The molecule has 0 radical (unpaired) electrons. The minimum atomic E-state index is 0.396. The number of ether oxygens (including phenoxy) is 2. The lowest BCUT2D eigenvalue weighted by Gasteiger charge is -2.29. The van der Waals surface area contributed by atoms with Crippen molar-refractivity contribution in [3.8, 4) is 0 Å². The molecule has 3 unspecified atom stereocenters. The molecule has 0 aromatic heterocycles. The summed E-state index contributed by atoms with van der Waals surface area (Å²) in [5.41, 5.74) is 0. The average Bonchev–Trinajstić information content (AvgIpc) is 2.74. The summed E-state index contributed by atoms with van der Waals surface area (Å²) in [6.45, 7) is 8.26. The summed E-state index contributed by atoms with van der Waals surface area (Å²) in [6, 6.07) is 0.469. The molecule has 1 aliphatic heterocycles. The van der Waals surface area contributed by atoms with Crippen molar-refractivity contribution in [2.24, 2.45) is 0 Å². The fourth-order valence-corrected chi connectivity index (χ4v) is 2.52. The third-order valence-electron chi connectivity index (χ3n) is 3.50. The van der Waals surface area contributed by atoms with Crippen LogP contribution in [0.4, 0.5) is 0 Å². The van der Waals surface area contributed by atoms with Gasteiger partial charge in [-0.2, -0.15) is 0 Å². The van der Waals surface area contributed by atoms with Gasteiger partial charge >= 0.3 is 0 Å². The van der Waals surface area contributed by atoms with E-state index in [1.54, 1.807) is 7.11 Å². The van der Waals surface area contributed by atoms with Gasteiger partial charge in [0.1, 0.15) is 0 Å². The second-order valence-corrected chi connectivity index (χ2v) is 4.91. The maximum atomic E-state index is 6.02. The lowest BCUT2D eigenvalue weighted by molar-refractivity contribution is 0.00824. The molecule has 0 aromatic carbocycles. The maximum Gasteiger partial charge on any atom is 0.0707 e. The summed E-state index contributed by atoms with van der Waals surface area (Å²) in [7, 11) is 3.75. The minimum Gasteiger partial charge on any atom is -0.383 e. The highest BCUT2D eigenvalue weighted by Gasteiger charge is 2.27. The van der Waals surface area contributed by atoms with Crippen LogP contribution < -0.4 is 5.32 Å². The Labute approximate surface area is 106 Å². The molecule has 4 heteroatoms. The topological polar surface area (TPSA) is 33.7 Å². The third-order valence-corrected chi connectivity index (χ3v) is 3.50. The van der Waals surface area contributed by atoms with Gasteiger partial charge in [0.25, 0.3) is 0 Å². The monoisotopic (exact) mass is 244 g/mol. The molecule has 1 rings (SSSR count). The zero-order valence-corrected chi connectivity index (χ0v) is 11.7. The Morgan fingerprint density at radius 3 is 2.71 bits per heavy atom. The van der Waals surface area contributed by atoms with E-state index in [4.69, 9.17) is 9.47 Å². The Morgan fingerprint density at radius 1 is 1.41 bits per heavy atom. The molecule has 1 saturated heterocycles. The fourth-order valence-electron chi connectivity index (χ4n) is 2.52. The molecule has 0 saturated carbocycles. The maximum absolute atomic E-state index is 6.02. The van der Waals surface area contributed by atoms with Crippen LogP contribution in [0, 0.1) is 0 Å². The van der Waals surface area contributed by atoms with Gasteiger partial charge in [-0.3, -0.25) is 4.90 Å². The van der Waals surface area contributed by atoms with Crippen LogP contribution in [-0.4, -0.2) is 63.5 Å². The highest BCUT2D eigenvalue weighted by Crippen LogP contribution is 2.20. The number of nitrogens with one attached hydrogen (secondary N) is 1. The van der Waals surface area contributed by atoms with Gasteiger partial charge in [-0.1, -0.05) is 6.92 Å². The van der Waals surface area contributed by atoms with Crippen molar-refractivity contribution < 1.29 is 9.47 Å². The zero-order valence-electron chi connectivity index (χ0n) is 11.7. The van der Waals surface area contributed by atoms with Crippen molar-refractivity contribution in [1.29, 1.82) is 0 Å². The van der Waals surface area contributed by atoms with Crippen LogP contribution in [0.3, 0.4) is 0 Å². The van der Waals surface area contributed by atoms with E-state index in [-0.39, 0.29) is 0 Å². The second kappa shape index (κ2) is 8.03. The average molecular weight is 244 g/mol. The van der Waals surface area contributed by atoms with Gasteiger partial charge in [-0.15, -0.1) is 0 Å². The zero-order chi connectivity index (χ0) is 12.7. The number of likely N-dealkylation sites (N-methyl/N-ethyl adjacent to an activating group) is 2. The van der Waals surface area contributed by atoms with Gasteiger partial charge in [-0.25, -0.2) is 0 Å². The smallest absolute Gasteiger partial charge is 0.0707 e. The van der Waals surface area contributed by atoms with Crippen molar-refractivity contribution in [2.45, 2.75) is 44.9 Å². The van der Waals surface area contributed by atoms with E-state index in [1.165, 1.54) is 12.8 Å². The molecule has 1 heterocycles. The van der Waals surface area contributed by atoms with Crippen LogP contribution in [0.2, 0.25) is 0 Å². The van der Waals surface area contributed by atoms with Gasteiger partial charge in [0.2, 0.25) is 0 Å². The number of hydrogen-bond donors (Lipinski definition) is 1. The molecule has 1 fully saturated rings. The second-order valence-electron chi connectivity index (χ2n) is 4.91. The summed E-state index contributed by atoms with van der Waals surface area (Å²) in [5, 5.41) is 3.18. The van der Waals surface area contributed by atoms with Crippen molar-refractivity contribution in [1.82, 2.24) is 10.2 Å². The first-order valence-electron chi connectivity index (χ1n) is 6.74. The lowest BCUT2D eigenvalue weighted by atomic mass is 10.1. The van der Waals surface area contributed by atoms with Crippen molar-refractivity contribution in [3.05, 3.63) is 0 Å². The normalized spacial score (nSPS) is 26.6. The van der Waals surface area contributed by atoms with Gasteiger partial charge < -0.3 is 14.8 Å². The molecule has 0 spiro atoms. The van der Waals surface area contributed by atoms with E-state index in [9.17, 15) is 0 Å². The summed E-state index contributed by atoms with van der Waals surface area (Å²) in [4.78, 5) is 2.44. The summed E-state index contributed by atoms with van der Waals surface area (Å²) in [6.07, 6.45) is 3.17. The molecule has 3 atom stereocenters. The Kier molecular flexibility index (Phi) is 7.04. The molecule has 17 heavy (non-hydrogen) atoms. The quantitative estimate of drug-likeness (QED) is 0.693. The number of methoxy groups -OCH3 is 1. The third kappa shape index (κ3) is 4.92. The number of hydrogen-bond acceptors (Lipinski definition) is 4. The molecule has 4 nitrogen and oxygen atoms in total. The molecule has 102 valence electrons. The summed E-state index contributed by atoms with van der Waals surface area (Å²) < 4.78 is 11.2. The van der Waals surface area contributed by atoms with E-state index >= 15 is 0 Å². The predicted molar refractivity (Wildman–Crippen MR) is 70.4 cm³/mol. The largest absolute Gasteiger partial charge is 0.383 e. The summed E-state index contributed by atoms with van der Waals surface area (Å²) in [5.74, 6) is 0. The highest BCUT2D eigenvalue weighted by atomic mass is 16.5. The first-order valence-corrected chi connectivity index (χ1v) is 6.74. The Hall–Kier alpha value is -0.160. The molecule has 1 N–H and O–H groups in total. The van der Waals surface area contributed by atoms with Crippen LogP contribution in [0.25, 0.3) is 0 Å². The molecule has 0 aliphatic carbocycles. The first kappa shape index (κ1) is 14.9. The van der Waals surface area contributed by atoms with E-state index in [1.807, 2.05) is 7.05 Å². The van der Waals surface area contributed by atoms with Crippen LogP contribution in [0.5, 0.6) is 0 Å². The molecular formula is C13H28N2O2. The Morgan fingerprint density at radius 2 is 2.12 bits per heavy atom. The molecule has 0 bridgehead atoms. The fraction of sp³-hybridized carbons (Fsp3) is 1.00. The van der Waals surface area contributed by atoms with Crippen LogP contribution >= 0.6 is 0 Å². The van der Waals surface area contributed by atoms with Gasteiger partial charge in [0, 0.05) is 26.2 Å². The van der Waals surface area contributed by atoms with E-state index < -0.39 is 0 Å². The molecular weight excluding hydrogens is 216 g/mol. The first-order chi connectivity index (χ1) is 8.21. The van der Waals surface area contributed by atoms with E-state index in [2.05, 4.69) is 24.1 Å². The molecule has 1 aliphatic rings. The Bertz CT molecular complexity index is 202. The van der Waals surface area contributed by atoms with Crippen LogP contribution in [0.1, 0.15) is 26.7 Å².